The molecule has 1 fully saturated rings. The molecule has 0 bridgehead atoms. The Morgan fingerprint density at radius 2 is 2.00 bits per heavy atom. The van der Waals surface area contributed by atoms with Crippen LogP contribution in [0.1, 0.15) is 32.1 Å². The average molecular weight is 265 g/mol. The van der Waals surface area contributed by atoms with Crippen LogP contribution in [-0.2, 0) is 13.6 Å². The van der Waals surface area contributed by atoms with Gasteiger partial charge in [0.2, 0.25) is 0 Å². The Balaban J connectivity index is 1.81. The Morgan fingerprint density at radius 3 is 2.74 bits per heavy atom. The van der Waals surface area contributed by atoms with Crippen molar-refractivity contribution in [2.24, 2.45) is 13.0 Å². The van der Waals surface area contributed by atoms with E-state index in [0.717, 1.165) is 12.5 Å². The van der Waals surface area contributed by atoms with Crippen LogP contribution in [0.25, 0.3) is 0 Å². The van der Waals surface area contributed by atoms with Crippen LogP contribution in [0.5, 0.6) is 0 Å². The number of nitrogens with one attached hydrogen (secondary N) is 1. The van der Waals surface area contributed by atoms with Gasteiger partial charge in [0.05, 0.1) is 0 Å². The SMILES string of the molecule is Cn1ccc(=O)n(CCNCC2CCCCC2)c1=O. The van der Waals surface area contributed by atoms with Crippen LogP contribution in [0.4, 0.5) is 0 Å². The molecule has 1 aromatic rings. The van der Waals surface area contributed by atoms with Gasteiger partial charge < -0.3 is 9.88 Å². The van der Waals surface area contributed by atoms with E-state index in [1.807, 2.05) is 0 Å². The summed E-state index contributed by atoms with van der Waals surface area (Å²) in [6.45, 7) is 2.12. The van der Waals surface area contributed by atoms with Crippen LogP contribution >= 0.6 is 0 Å². The lowest BCUT2D eigenvalue weighted by molar-refractivity contribution is 0.339. The van der Waals surface area contributed by atoms with Gasteiger partial charge in [-0.1, -0.05) is 19.3 Å². The van der Waals surface area contributed by atoms with Gasteiger partial charge in [0.1, 0.15) is 0 Å². The van der Waals surface area contributed by atoms with E-state index in [0.29, 0.717) is 13.1 Å². The molecule has 1 aliphatic rings. The van der Waals surface area contributed by atoms with E-state index < -0.39 is 0 Å². The molecule has 0 radical (unpaired) electrons. The molecule has 0 atom stereocenters. The molecule has 0 aliphatic heterocycles. The summed E-state index contributed by atoms with van der Waals surface area (Å²) in [6, 6.07) is 1.43. The van der Waals surface area contributed by atoms with E-state index in [1.54, 1.807) is 7.05 Å². The second kappa shape index (κ2) is 6.70. The lowest BCUT2D eigenvalue weighted by atomic mass is 9.89. The molecule has 5 heteroatoms. The standard InChI is InChI=1S/C14H23N3O2/c1-16-9-7-13(18)17(14(16)19)10-8-15-11-12-5-3-2-4-6-12/h7,9,12,15H,2-6,8,10-11H2,1H3. The minimum absolute atomic E-state index is 0.220. The van der Waals surface area contributed by atoms with Crippen LogP contribution in [0.3, 0.4) is 0 Å². The highest BCUT2D eigenvalue weighted by atomic mass is 16.2. The summed E-state index contributed by atoms with van der Waals surface area (Å²) >= 11 is 0. The van der Waals surface area contributed by atoms with Gasteiger partial charge in [-0.2, -0.15) is 0 Å². The van der Waals surface area contributed by atoms with Crippen molar-refractivity contribution in [3.8, 4) is 0 Å². The number of nitrogens with zero attached hydrogens (tertiary/aromatic N) is 2. The third-order valence-corrected chi connectivity index (χ3v) is 3.91. The third-order valence-electron chi connectivity index (χ3n) is 3.91. The van der Waals surface area contributed by atoms with Crippen molar-refractivity contribution in [1.82, 2.24) is 14.5 Å². The first kappa shape index (κ1) is 14.1. The van der Waals surface area contributed by atoms with Crippen LogP contribution in [0, 0.1) is 5.92 Å². The minimum Gasteiger partial charge on any atom is -0.315 e. The molecule has 106 valence electrons. The molecule has 0 unspecified atom stereocenters. The molecule has 19 heavy (non-hydrogen) atoms. The van der Waals surface area contributed by atoms with Gasteiger partial charge in [-0.05, 0) is 25.3 Å². The first-order chi connectivity index (χ1) is 9.18. The van der Waals surface area contributed by atoms with Crippen molar-refractivity contribution in [2.75, 3.05) is 13.1 Å². The molecule has 1 aliphatic carbocycles. The van der Waals surface area contributed by atoms with Gasteiger partial charge in [-0.25, -0.2) is 4.79 Å². The molecule has 0 spiro atoms. The fourth-order valence-corrected chi connectivity index (χ4v) is 2.71. The van der Waals surface area contributed by atoms with E-state index in [2.05, 4.69) is 5.32 Å². The van der Waals surface area contributed by atoms with E-state index in [-0.39, 0.29) is 11.2 Å². The Hall–Kier alpha value is -1.36. The van der Waals surface area contributed by atoms with Crippen molar-refractivity contribution in [2.45, 2.75) is 38.6 Å². The van der Waals surface area contributed by atoms with E-state index in [9.17, 15) is 9.59 Å². The smallest absolute Gasteiger partial charge is 0.315 e. The molecule has 1 aromatic heterocycles. The first-order valence-corrected chi connectivity index (χ1v) is 7.15. The molecule has 1 saturated carbocycles. The number of aromatic nitrogens is 2. The van der Waals surface area contributed by atoms with Crippen molar-refractivity contribution in [1.29, 1.82) is 0 Å². The Kier molecular flexibility index (Phi) is 4.96. The second-order valence-corrected chi connectivity index (χ2v) is 5.41. The zero-order valence-electron chi connectivity index (χ0n) is 11.6. The van der Waals surface area contributed by atoms with Crippen molar-refractivity contribution in [3.63, 3.8) is 0 Å². The number of hydrogen-bond donors (Lipinski definition) is 1. The molecule has 0 saturated heterocycles. The highest BCUT2D eigenvalue weighted by Gasteiger charge is 2.12. The molecule has 0 aromatic carbocycles. The lowest BCUT2D eigenvalue weighted by Gasteiger charge is -2.21. The predicted molar refractivity (Wildman–Crippen MR) is 75.4 cm³/mol. The van der Waals surface area contributed by atoms with Crippen molar-refractivity contribution >= 4 is 0 Å². The zero-order valence-corrected chi connectivity index (χ0v) is 11.6. The van der Waals surface area contributed by atoms with Crippen molar-refractivity contribution in [3.05, 3.63) is 33.1 Å². The maximum Gasteiger partial charge on any atom is 0.330 e. The van der Waals surface area contributed by atoms with Crippen LogP contribution < -0.4 is 16.6 Å². The third kappa shape index (κ3) is 3.80. The van der Waals surface area contributed by atoms with Crippen LogP contribution in [-0.4, -0.2) is 22.2 Å². The minimum atomic E-state index is -0.244. The second-order valence-electron chi connectivity index (χ2n) is 5.41. The molecule has 1 heterocycles. The normalized spacial score (nSPS) is 16.7. The maximum atomic E-state index is 11.8. The van der Waals surface area contributed by atoms with Crippen LogP contribution in [0.2, 0.25) is 0 Å². The summed E-state index contributed by atoms with van der Waals surface area (Å²) in [5.74, 6) is 0.768. The average Bonchev–Trinajstić information content (AvgIpc) is 2.43. The summed E-state index contributed by atoms with van der Waals surface area (Å²) in [5.41, 5.74) is -0.463. The molecule has 0 amide bonds. The number of hydrogen-bond acceptors (Lipinski definition) is 3. The van der Waals surface area contributed by atoms with Crippen molar-refractivity contribution < 1.29 is 0 Å². The highest BCUT2D eigenvalue weighted by molar-refractivity contribution is 4.85. The van der Waals surface area contributed by atoms with Gasteiger partial charge in [-0.15, -0.1) is 0 Å². The summed E-state index contributed by atoms with van der Waals surface area (Å²) in [6.07, 6.45) is 8.17. The first-order valence-electron chi connectivity index (χ1n) is 7.15. The van der Waals surface area contributed by atoms with Crippen LogP contribution in [0.15, 0.2) is 21.9 Å². The maximum absolute atomic E-state index is 11.8. The summed E-state index contributed by atoms with van der Waals surface area (Å²) in [5, 5.41) is 3.37. The van der Waals surface area contributed by atoms with Gasteiger partial charge in [0.15, 0.2) is 0 Å². The Labute approximate surface area is 113 Å². The van der Waals surface area contributed by atoms with E-state index in [1.165, 1.54) is 53.5 Å². The van der Waals surface area contributed by atoms with Gasteiger partial charge in [0.25, 0.3) is 5.56 Å². The molecule has 5 nitrogen and oxygen atoms in total. The Morgan fingerprint density at radius 1 is 1.26 bits per heavy atom. The lowest BCUT2D eigenvalue weighted by Crippen LogP contribution is -2.40. The van der Waals surface area contributed by atoms with Gasteiger partial charge >= 0.3 is 5.69 Å². The summed E-state index contributed by atoms with van der Waals surface area (Å²) < 4.78 is 2.72. The monoisotopic (exact) mass is 265 g/mol. The molecule has 2 rings (SSSR count). The number of rotatable bonds is 5. The molecular weight excluding hydrogens is 242 g/mol. The largest absolute Gasteiger partial charge is 0.330 e. The zero-order chi connectivity index (χ0) is 13.7. The highest BCUT2D eigenvalue weighted by Crippen LogP contribution is 2.22. The number of aryl methyl sites for hydroxylation is 1. The fourth-order valence-electron chi connectivity index (χ4n) is 2.71. The van der Waals surface area contributed by atoms with Gasteiger partial charge in [0, 0.05) is 32.4 Å². The predicted octanol–water partition coefficient (Wildman–Crippen LogP) is 0.717. The Bertz CT molecular complexity index is 512. The fraction of sp³-hybridized carbons (Fsp3) is 0.714. The quantitative estimate of drug-likeness (QED) is 0.798. The molecular formula is C14H23N3O2. The van der Waals surface area contributed by atoms with E-state index in [4.69, 9.17) is 0 Å². The van der Waals surface area contributed by atoms with Gasteiger partial charge in [-0.3, -0.25) is 9.36 Å². The molecule has 1 N–H and O–H groups in total. The topological polar surface area (TPSA) is 56.0 Å². The summed E-state index contributed by atoms with van der Waals surface area (Å²) in [7, 11) is 1.66. The van der Waals surface area contributed by atoms with E-state index >= 15 is 0 Å². The summed E-state index contributed by atoms with van der Waals surface area (Å²) in [4.78, 5) is 23.4.